The highest BCUT2D eigenvalue weighted by molar-refractivity contribution is 5.94. The molecule has 8 aromatic rings. The molecule has 16 heteroatoms. The number of carbonyl (C=O) groups is 2. The second kappa shape index (κ2) is 18.1. The molecule has 16 nitrogen and oxygen atoms in total. The van der Waals surface area contributed by atoms with Crippen molar-refractivity contribution < 1.29 is 29.3 Å². The molecule has 4 aliphatic heterocycles. The molecule has 348 valence electrons. The van der Waals surface area contributed by atoms with Crippen LogP contribution in [0.5, 0.6) is 0 Å². The van der Waals surface area contributed by atoms with E-state index in [1.54, 1.807) is 24.5 Å². The molecule has 0 saturated carbocycles. The summed E-state index contributed by atoms with van der Waals surface area (Å²) in [4.78, 5) is 47.0. The third-order valence-corrected chi connectivity index (χ3v) is 14.2. The molecule has 0 amide bonds. The Bertz CT molecular complexity index is 3530. The maximum Gasteiger partial charge on any atom is 0.338 e. The summed E-state index contributed by atoms with van der Waals surface area (Å²) in [7, 11) is 0. The molecule has 4 aromatic carbocycles. The average Bonchev–Trinajstić information content (AvgIpc) is 4.18. The van der Waals surface area contributed by atoms with E-state index in [0.29, 0.717) is 53.8 Å². The Labute approximate surface area is 402 Å². The number of esters is 2. The fraction of sp³-hybridized carbons (Fsp3) is 0.259. The number of rotatable bonds is 8. The van der Waals surface area contributed by atoms with Gasteiger partial charge in [-0.1, -0.05) is 48.5 Å². The summed E-state index contributed by atoms with van der Waals surface area (Å²) in [5.74, 6) is 0.522. The number of hydrogen-bond donors (Lipinski definition) is 2. The van der Waals surface area contributed by atoms with E-state index in [2.05, 4.69) is 31.9 Å². The van der Waals surface area contributed by atoms with E-state index in [4.69, 9.17) is 19.4 Å². The molecule has 0 aliphatic carbocycles. The quantitative estimate of drug-likeness (QED) is 0.152. The van der Waals surface area contributed by atoms with Crippen LogP contribution in [-0.2, 0) is 48.6 Å². The topological polar surface area (TPSA) is 209 Å². The van der Waals surface area contributed by atoms with Crippen molar-refractivity contribution in [2.75, 3.05) is 26.2 Å². The number of aliphatic hydroxyl groups excluding tert-OH is 2. The van der Waals surface area contributed by atoms with Crippen molar-refractivity contribution in [3.05, 3.63) is 176 Å². The minimum atomic E-state index is -0.673. The summed E-state index contributed by atoms with van der Waals surface area (Å²) < 4.78 is 14.1. The van der Waals surface area contributed by atoms with Crippen LogP contribution in [0.1, 0.15) is 99.9 Å². The molecule has 0 saturated heterocycles. The van der Waals surface area contributed by atoms with Gasteiger partial charge in [0, 0.05) is 103 Å². The van der Waals surface area contributed by atoms with Crippen molar-refractivity contribution in [2.45, 2.75) is 65.1 Å². The third-order valence-electron chi connectivity index (χ3n) is 14.2. The number of aromatic nitrogens is 6. The second-order valence-electron chi connectivity index (χ2n) is 18.1. The van der Waals surface area contributed by atoms with Crippen LogP contribution in [0.2, 0.25) is 0 Å². The van der Waals surface area contributed by atoms with Crippen molar-refractivity contribution in [1.82, 2.24) is 38.9 Å². The molecule has 0 radical (unpaired) electrons. The highest BCUT2D eigenvalue weighted by Gasteiger charge is 2.32. The molecule has 4 aliphatic rings. The highest BCUT2D eigenvalue weighted by Crippen LogP contribution is 2.35. The van der Waals surface area contributed by atoms with Crippen LogP contribution >= 0.6 is 0 Å². The minimum Gasteiger partial charge on any atom is -0.457 e. The Morgan fingerprint density at radius 1 is 0.686 bits per heavy atom. The number of benzene rings is 4. The molecule has 0 bridgehead atoms. The first-order valence-electron chi connectivity index (χ1n) is 23.2. The maximum atomic E-state index is 11.9. The number of carbonyl (C=O) groups excluding carboxylic acids is 2. The fourth-order valence-corrected chi connectivity index (χ4v) is 10.4. The number of nitrogens with zero attached hydrogens (tertiary/aromatic N) is 10. The Kier molecular flexibility index (Phi) is 11.5. The van der Waals surface area contributed by atoms with Gasteiger partial charge in [0.1, 0.15) is 25.4 Å². The number of para-hydroxylation sites is 2. The number of cyclic esters (lactones) is 2. The molecule has 8 heterocycles. The molecular formula is C54H46N10O6. The van der Waals surface area contributed by atoms with E-state index in [9.17, 15) is 30.3 Å². The molecule has 0 spiro atoms. The van der Waals surface area contributed by atoms with E-state index < -0.39 is 6.10 Å². The predicted octanol–water partition coefficient (Wildman–Crippen LogP) is 6.73. The molecule has 2 atom stereocenters. The van der Waals surface area contributed by atoms with E-state index in [0.717, 1.165) is 104 Å². The molecule has 70 heavy (non-hydrogen) atoms. The zero-order valence-corrected chi connectivity index (χ0v) is 38.5. The largest absolute Gasteiger partial charge is 0.457 e. The predicted molar refractivity (Wildman–Crippen MR) is 256 cm³/mol. The number of ether oxygens (including phenoxy) is 2. The number of β-amino-alcohol motifs (C(OH)–C–C–N with tert-alkyl or cyclic N) is 1. The fourth-order valence-electron chi connectivity index (χ4n) is 10.4. The Morgan fingerprint density at radius 2 is 1.20 bits per heavy atom. The SMILES string of the molecule is Cc1c(C(CO)N2CCc3nc(-n4cc(C#N)c5ccccc54)ncc3C2)ccc2c1COC2=O.Cc1c(C(O)CN2CCc3nc(-n4cc(C#N)c5ccccc54)ncc3C2)ccc2c1COC2=O. The lowest BCUT2D eigenvalue weighted by Crippen LogP contribution is -2.37. The molecule has 2 N–H and O–H groups in total. The Morgan fingerprint density at radius 3 is 1.76 bits per heavy atom. The van der Waals surface area contributed by atoms with Crippen molar-refractivity contribution >= 4 is 33.7 Å². The zero-order valence-electron chi connectivity index (χ0n) is 38.5. The third kappa shape index (κ3) is 7.73. The normalized spacial score (nSPS) is 16.0. The van der Waals surface area contributed by atoms with Crippen molar-refractivity contribution in [3.8, 4) is 24.0 Å². The summed E-state index contributed by atoms with van der Waals surface area (Å²) in [6.07, 6.45) is 8.06. The molecule has 4 aromatic heterocycles. The van der Waals surface area contributed by atoms with Crippen molar-refractivity contribution in [3.63, 3.8) is 0 Å². The molecule has 0 fully saturated rings. The van der Waals surface area contributed by atoms with Gasteiger partial charge in [-0.05, 0) is 60.4 Å². The van der Waals surface area contributed by atoms with Gasteiger partial charge in [0.15, 0.2) is 0 Å². The van der Waals surface area contributed by atoms with Crippen LogP contribution in [0.3, 0.4) is 0 Å². The summed E-state index contributed by atoms with van der Waals surface area (Å²) in [6.45, 7) is 7.68. The summed E-state index contributed by atoms with van der Waals surface area (Å²) >= 11 is 0. The van der Waals surface area contributed by atoms with Crippen molar-refractivity contribution in [1.29, 1.82) is 10.5 Å². The number of fused-ring (bicyclic) bond motifs is 6. The second-order valence-corrected chi connectivity index (χ2v) is 18.1. The van der Waals surface area contributed by atoms with Gasteiger partial charge in [0.05, 0.1) is 63.4 Å². The summed E-state index contributed by atoms with van der Waals surface area (Å²) in [5.41, 5.74) is 13.8. The van der Waals surface area contributed by atoms with Gasteiger partial charge < -0.3 is 19.7 Å². The van der Waals surface area contributed by atoms with Crippen LogP contribution in [0.15, 0.2) is 97.6 Å². The Hall–Kier alpha value is -8.12. The summed E-state index contributed by atoms with van der Waals surface area (Å²) in [5, 5.41) is 42.1. The maximum absolute atomic E-state index is 11.9. The zero-order chi connectivity index (χ0) is 48.2. The standard InChI is InChI=1S/2C27H23N5O3/c1-16-19(6-7-21-22(16)15-35-26(21)34)25(14-33)31-9-8-23-18(12-31)11-29-27(30-23)32-13-17(10-28)20-4-2-3-5-24(20)32;1-16-19(6-7-21-22(16)15-35-26(21)34)25(33)14-31-9-8-23-18(12-31)11-29-27(30-23)32-13-17(10-28)20-4-2-3-5-24(20)32/h2*2-7,11,13,25,33H,8-9,12,14-15H2,1H3. The van der Waals surface area contributed by atoms with Crippen LogP contribution in [-0.4, -0.2) is 87.3 Å². The average molecular weight is 931 g/mol. The lowest BCUT2D eigenvalue weighted by molar-refractivity contribution is 0.0525. The van der Waals surface area contributed by atoms with Gasteiger partial charge in [-0.15, -0.1) is 0 Å². The van der Waals surface area contributed by atoms with Crippen molar-refractivity contribution in [2.24, 2.45) is 0 Å². The van der Waals surface area contributed by atoms with Gasteiger partial charge in [0.2, 0.25) is 11.9 Å². The van der Waals surface area contributed by atoms with E-state index >= 15 is 0 Å². The minimum absolute atomic E-state index is 0.0327. The van der Waals surface area contributed by atoms with Crippen LogP contribution < -0.4 is 0 Å². The number of nitriles is 2. The smallest absolute Gasteiger partial charge is 0.338 e. The molecular weight excluding hydrogens is 885 g/mol. The van der Waals surface area contributed by atoms with E-state index in [1.165, 1.54) is 0 Å². The van der Waals surface area contributed by atoms with Gasteiger partial charge >= 0.3 is 11.9 Å². The highest BCUT2D eigenvalue weighted by atomic mass is 16.5. The van der Waals surface area contributed by atoms with Gasteiger partial charge in [-0.25, -0.2) is 29.5 Å². The number of aliphatic hydroxyl groups is 2. The van der Waals surface area contributed by atoms with Crippen LogP contribution in [0.4, 0.5) is 0 Å². The van der Waals surface area contributed by atoms with Gasteiger partial charge in [-0.3, -0.25) is 18.9 Å². The van der Waals surface area contributed by atoms with Gasteiger partial charge in [0.25, 0.3) is 0 Å². The van der Waals surface area contributed by atoms with E-state index in [-0.39, 0.29) is 37.8 Å². The van der Waals surface area contributed by atoms with Crippen LogP contribution in [0, 0.1) is 36.5 Å². The monoisotopic (exact) mass is 930 g/mol. The van der Waals surface area contributed by atoms with Crippen LogP contribution in [0.25, 0.3) is 33.7 Å². The first-order chi connectivity index (χ1) is 34.1. The van der Waals surface area contributed by atoms with Gasteiger partial charge in [-0.2, -0.15) is 10.5 Å². The first-order valence-corrected chi connectivity index (χ1v) is 23.2. The lowest BCUT2D eigenvalue weighted by atomic mass is 9.92. The van der Waals surface area contributed by atoms with E-state index in [1.807, 2.05) is 96.0 Å². The Balaban J connectivity index is 0.000000152. The summed E-state index contributed by atoms with van der Waals surface area (Å²) in [6, 6.07) is 27.1. The first kappa shape index (κ1) is 44.4. The molecule has 2 unspecified atom stereocenters. The number of hydrogen-bond acceptors (Lipinski definition) is 14. The molecule has 12 rings (SSSR count). The lowest BCUT2D eigenvalue weighted by Gasteiger charge is -2.35.